The van der Waals surface area contributed by atoms with E-state index in [1.807, 2.05) is 22.6 Å². The largest absolute Gasteiger partial charge is 0.465 e. The van der Waals surface area contributed by atoms with Crippen molar-refractivity contribution in [1.82, 2.24) is 9.38 Å². The van der Waals surface area contributed by atoms with E-state index in [0.29, 0.717) is 11.3 Å². The first kappa shape index (κ1) is 15.9. The third-order valence-electron chi connectivity index (χ3n) is 3.53. The van der Waals surface area contributed by atoms with Crippen LogP contribution in [0.15, 0.2) is 36.8 Å². The molecule has 0 radical (unpaired) electrons. The molecular formula is C16H11F2IN2O2. The summed E-state index contributed by atoms with van der Waals surface area (Å²) < 4.78 is 35.1. The van der Waals surface area contributed by atoms with Crippen molar-refractivity contribution >= 4 is 34.1 Å². The molecule has 0 aliphatic rings. The summed E-state index contributed by atoms with van der Waals surface area (Å²) in [7, 11) is 1.22. The molecule has 0 saturated heterocycles. The van der Waals surface area contributed by atoms with Gasteiger partial charge in [0.15, 0.2) is 0 Å². The maximum Gasteiger partial charge on any atom is 0.339 e. The number of halogens is 3. The molecule has 0 unspecified atom stereocenters. The molecule has 0 saturated carbocycles. The summed E-state index contributed by atoms with van der Waals surface area (Å²) in [5, 5.41) is 0. The number of esters is 1. The van der Waals surface area contributed by atoms with Crippen molar-refractivity contribution in [2.24, 2.45) is 0 Å². The van der Waals surface area contributed by atoms with Crippen LogP contribution in [0.2, 0.25) is 0 Å². The molecule has 7 heteroatoms. The number of hydrogen-bond acceptors (Lipinski definition) is 3. The Hall–Kier alpha value is -2.03. The molecule has 0 atom stereocenters. The molecule has 0 N–H and O–H groups in total. The van der Waals surface area contributed by atoms with E-state index in [-0.39, 0.29) is 23.3 Å². The Balaban J connectivity index is 2.20. The first-order valence-electron chi connectivity index (χ1n) is 6.67. The minimum absolute atomic E-state index is 0.0495. The Morgan fingerprint density at radius 2 is 2.09 bits per heavy atom. The van der Waals surface area contributed by atoms with Crippen LogP contribution in [0.5, 0.6) is 0 Å². The number of aromatic nitrogens is 2. The SMILES string of the molecule is COC(=O)c1cc(F)c2cncn2c1Cc1ccc(I)cc1F. The highest BCUT2D eigenvalue weighted by molar-refractivity contribution is 14.1. The van der Waals surface area contributed by atoms with Crippen LogP contribution < -0.4 is 0 Å². The Morgan fingerprint density at radius 3 is 2.78 bits per heavy atom. The summed E-state index contributed by atoms with van der Waals surface area (Å²) in [6.45, 7) is 0. The molecule has 0 bridgehead atoms. The fourth-order valence-corrected chi connectivity index (χ4v) is 2.87. The van der Waals surface area contributed by atoms with E-state index in [2.05, 4.69) is 4.98 Å². The molecule has 1 aromatic carbocycles. The third-order valence-corrected chi connectivity index (χ3v) is 4.21. The molecule has 0 aliphatic carbocycles. The van der Waals surface area contributed by atoms with Crippen LogP contribution in [0.3, 0.4) is 0 Å². The fourth-order valence-electron chi connectivity index (χ4n) is 2.41. The standard InChI is InChI=1S/C16H11F2IN2O2/c1-23-16(22)11-6-13(18)15-7-20-8-21(15)14(11)4-9-2-3-10(19)5-12(9)17/h2-3,5-8H,4H2,1H3. The lowest BCUT2D eigenvalue weighted by Gasteiger charge is -2.12. The summed E-state index contributed by atoms with van der Waals surface area (Å²) in [5.74, 6) is -1.65. The smallest absolute Gasteiger partial charge is 0.339 e. The van der Waals surface area contributed by atoms with Gasteiger partial charge in [0.1, 0.15) is 17.2 Å². The Labute approximate surface area is 144 Å². The summed E-state index contributed by atoms with van der Waals surface area (Å²) >= 11 is 2.02. The van der Waals surface area contributed by atoms with E-state index in [9.17, 15) is 13.6 Å². The van der Waals surface area contributed by atoms with Gasteiger partial charge in [-0.05, 0) is 46.4 Å². The predicted octanol–water partition coefficient (Wildman–Crippen LogP) is 3.59. The first-order chi connectivity index (χ1) is 11.0. The molecule has 2 heterocycles. The van der Waals surface area contributed by atoms with Gasteiger partial charge in [-0.2, -0.15) is 0 Å². The van der Waals surface area contributed by atoms with E-state index < -0.39 is 11.8 Å². The molecular weight excluding hydrogens is 417 g/mol. The molecule has 23 heavy (non-hydrogen) atoms. The number of rotatable bonds is 3. The number of benzene rings is 1. The van der Waals surface area contributed by atoms with Crippen molar-refractivity contribution in [1.29, 1.82) is 0 Å². The van der Waals surface area contributed by atoms with Gasteiger partial charge in [-0.1, -0.05) is 6.07 Å². The van der Waals surface area contributed by atoms with Crippen LogP contribution in [0, 0.1) is 15.2 Å². The molecule has 0 spiro atoms. The second-order valence-electron chi connectivity index (χ2n) is 4.91. The topological polar surface area (TPSA) is 43.6 Å². The second-order valence-corrected chi connectivity index (χ2v) is 6.15. The summed E-state index contributed by atoms with van der Waals surface area (Å²) in [4.78, 5) is 15.9. The van der Waals surface area contributed by atoms with E-state index in [1.54, 1.807) is 12.1 Å². The van der Waals surface area contributed by atoms with Gasteiger partial charge in [0.25, 0.3) is 0 Å². The zero-order valence-electron chi connectivity index (χ0n) is 12.0. The molecule has 2 aromatic heterocycles. The molecule has 3 aromatic rings. The maximum atomic E-state index is 14.1. The van der Waals surface area contributed by atoms with Crippen LogP contribution in [0.25, 0.3) is 5.52 Å². The minimum Gasteiger partial charge on any atom is -0.465 e. The van der Waals surface area contributed by atoms with Crippen molar-refractivity contribution in [3.05, 3.63) is 68.8 Å². The van der Waals surface area contributed by atoms with Gasteiger partial charge >= 0.3 is 5.97 Å². The lowest BCUT2D eigenvalue weighted by molar-refractivity contribution is 0.0598. The fraction of sp³-hybridized carbons (Fsp3) is 0.125. The van der Waals surface area contributed by atoms with E-state index in [1.165, 1.54) is 30.1 Å². The number of nitrogens with zero attached hydrogens (tertiary/aromatic N) is 2. The van der Waals surface area contributed by atoms with E-state index in [0.717, 1.165) is 9.64 Å². The summed E-state index contributed by atoms with van der Waals surface area (Å²) in [6, 6.07) is 5.92. The van der Waals surface area contributed by atoms with Crippen molar-refractivity contribution in [2.75, 3.05) is 7.11 Å². The van der Waals surface area contributed by atoms with E-state index in [4.69, 9.17) is 4.74 Å². The minimum atomic E-state index is -0.680. The van der Waals surface area contributed by atoms with Crippen molar-refractivity contribution in [3.8, 4) is 0 Å². The van der Waals surface area contributed by atoms with Gasteiger partial charge in [0.05, 0.1) is 25.2 Å². The Kier molecular flexibility index (Phi) is 4.29. The molecule has 4 nitrogen and oxygen atoms in total. The highest BCUT2D eigenvalue weighted by Gasteiger charge is 2.20. The lowest BCUT2D eigenvalue weighted by Crippen LogP contribution is -2.12. The number of methoxy groups -OCH3 is 1. The summed E-state index contributed by atoms with van der Waals surface area (Å²) in [6.07, 6.45) is 2.86. The number of ether oxygens (including phenoxy) is 1. The zero-order valence-corrected chi connectivity index (χ0v) is 14.2. The number of carbonyl (C=O) groups excluding carboxylic acids is 1. The Morgan fingerprint density at radius 1 is 1.30 bits per heavy atom. The summed E-state index contributed by atoms with van der Waals surface area (Å²) in [5.41, 5.74) is 1.09. The third kappa shape index (κ3) is 2.92. The van der Waals surface area contributed by atoms with Crippen LogP contribution in [-0.4, -0.2) is 22.5 Å². The monoisotopic (exact) mass is 428 g/mol. The van der Waals surface area contributed by atoms with Gasteiger partial charge in [-0.25, -0.2) is 18.6 Å². The van der Waals surface area contributed by atoms with Gasteiger partial charge in [-0.15, -0.1) is 0 Å². The van der Waals surface area contributed by atoms with Crippen LogP contribution in [-0.2, 0) is 11.2 Å². The Bertz CT molecular complexity index is 908. The van der Waals surface area contributed by atoms with Crippen molar-refractivity contribution in [3.63, 3.8) is 0 Å². The molecule has 0 fully saturated rings. The average molecular weight is 428 g/mol. The highest BCUT2D eigenvalue weighted by Crippen LogP contribution is 2.23. The van der Waals surface area contributed by atoms with Gasteiger partial charge in [-0.3, -0.25) is 4.40 Å². The van der Waals surface area contributed by atoms with Crippen LogP contribution in [0.1, 0.15) is 21.6 Å². The first-order valence-corrected chi connectivity index (χ1v) is 7.75. The number of hydrogen-bond donors (Lipinski definition) is 0. The van der Waals surface area contributed by atoms with Crippen LogP contribution >= 0.6 is 22.6 Å². The van der Waals surface area contributed by atoms with Gasteiger partial charge in [0.2, 0.25) is 0 Å². The number of carbonyl (C=O) groups is 1. The van der Waals surface area contributed by atoms with E-state index >= 15 is 0 Å². The predicted molar refractivity (Wildman–Crippen MR) is 88.4 cm³/mol. The van der Waals surface area contributed by atoms with Gasteiger partial charge in [0, 0.05) is 15.7 Å². The number of pyridine rings is 1. The van der Waals surface area contributed by atoms with Gasteiger partial charge < -0.3 is 4.74 Å². The van der Waals surface area contributed by atoms with Crippen molar-refractivity contribution < 1.29 is 18.3 Å². The van der Waals surface area contributed by atoms with Crippen LogP contribution in [0.4, 0.5) is 8.78 Å². The normalized spacial score (nSPS) is 11.0. The number of fused-ring (bicyclic) bond motifs is 1. The molecule has 0 aliphatic heterocycles. The second kappa shape index (κ2) is 6.23. The average Bonchev–Trinajstić information content (AvgIpc) is 3.01. The quantitative estimate of drug-likeness (QED) is 0.473. The van der Waals surface area contributed by atoms with Crippen molar-refractivity contribution in [2.45, 2.75) is 6.42 Å². The zero-order chi connectivity index (χ0) is 16.6. The molecule has 0 amide bonds. The molecule has 3 rings (SSSR count). The molecule has 118 valence electrons. The number of imidazole rings is 1. The lowest BCUT2D eigenvalue weighted by atomic mass is 10.0. The maximum absolute atomic E-state index is 14.1. The highest BCUT2D eigenvalue weighted by atomic mass is 127.